The molecule has 0 aliphatic carbocycles. The molecule has 1 unspecified atom stereocenters. The molecule has 0 radical (unpaired) electrons. The number of H-pyrrole nitrogens is 1. The number of nitrogens with one attached hydrogen (secondary N) is 3. The van der Waals surface area contributed by atoms with Crippen LogP contribution in [0.2, 0.25) is 0 Å². The third-order valence-corrected chi connectivity index (χ3v) is 4.83. The first-order valence-electron chi connectivity index (χ1n) is 8.46. The maximum Gasteiger partial charge on any atom is 0.137 e. The average Bonchev–Trinajstić information content (AvgIpc) is 3.11. The van der Waals surface area contributed by atoms with E-state index in [1.807, 2.05) is 18.5 Å². The highest BCUT2D eigenvalue weighted by atomic mass is 32.2. The SMILES string of the molecule is C=S(N)(=O)NCCCCNc1ncnc2cc(-c3cc[nH]c3)c(C)cc12. The second-order valence-corrected chi connectivity index (χ2v) is 8.00. The van der Waals surface area contributed by atoms with Gasteiger partial charge in [-0.15, -0.1) is 0 Å². The number of nitrogens with two attached hydrogens (primary N) is 1. The molecule has 2 aromatic heterocycles. The molecule has 0 aliphatic heterocycles. The molecule has 1 atom stereocenters. The van der Waals surface area contributed by atoms with Crippen LogP contribution in [0.1, 0.15) is 18.4 Å². The number of aromatic amines is 1. The Balaban J connectivity index is 1.69. The Morgan fingerprint density at radius 2 is 2.08 bits per heavy atom. The van der Waals surface area contributed by atoms with Crippen LogP contribution in [0.25, 0.3) is 22.0 Å². The highest BCUT2D eigenvalue weighted by Gasteiger charge is 2.09. The maximum absolute atomic E-state index is 11.3. The van der Waals surface area contributed by atoms with Crippen molar-refractivity contribution in [1.29, 1.82) is 0 Å². The minimum absolute atomic E-state index is 0.574. The summed E-state index contributed by atoms with van der Waals surface area (Å²) in [5.74, 6) is 4.19. The molecule has 3 rings (SSSR count). The van der Waals surface area contributed by atoms with Crippen molar-refractivity contribution >= 4 is 32.5 Å². The minimum Gasteiger partial charge on any atom is -0.369 e. The van der Waals surface area contributed by atoms with E-state index in [1.165, 1.54) is 5.56 Å². The van der Waals surface area contributed by atoms with Crippen LogP contribution < -0.4 is 15.2 Å². The van der Waals surface area contributed by atoms with Crippen LogP contribution in [-0.2, 0) is 9.89 Å². The molecule has 0 aliphatic rings. The summed E-state index contributed by atoms with van der Waals surface area (Å²) >= 11 is 0. The molecule has 1 aromatic carbocycles. The van der Waals surface area contributed by atoms with E-state index in [-0.39, 0.29) is 0 Å². The van der Waals surface area contributed by atoms with Gasteiger partial charge in [-0.2, -0.15) is 0 Å². The summed E-state index contributed by atoms with van der Waals surface area (Å²) in [6.07, 6.45) is 7.21. The standard InChI is InChI=1S/C18H24N6OS/c1-13-9-16-17(10-15(13)14-5-8-20-11-14)22-12-23-18(16)21-6-3-4-7-24-26(2,19)25/h5,8-12,20H,2-4,6-7H2,1H3,(H3,19,24,25)(H,21,22,23). The van der Waals surface area contributed by atoms with Crippen LogP contribution in [0.5, 0.6) is 0 Å². The number of benzene rings is 1. The van der Waals surface area contributed by atoms with Crippen molar-refractivity contribution in [3.05, 3.63) is 42.5 Å². The first kappa shape index (κ1) is 18.4. The number of hydrogen-bond acceptors (Lipinski definition) is 4. The molecule has 0 bridgehead atoms. The summed E-state index contributed by atoms with van der Waals surface area (Å²) in [6.45, 7) is 3.42. The van der Waals surface area contributed by atoms with Crippen LogP contribution in [-0.4, -0.2) is 38.1 Å². The Labute approximate surface area is 153 Å². The highest BCUT2D eigenvalue weighted by molar-refractivity contribution is 7.96. The molecular weight excluding hydrogens is 348 g/mol. The highest BCUT2D eigenvalue weighted by Crippen LogP contribution is 2.29. The maximum atomic E-state index is 11.3. The van der Waals surface area contributed by atoms with Gasteiger partial charge in [-0.25, -0.2) is 24.0 Å². The topological polar surface area (TPSA) is 109 Å². The van der Waals surface area contributed by atoms with Gasteiger partial charge in [0.15, 0.2) is 0 Å². The summed E-state index contributed by atoms with van der Waals surface area (Å²) in [5, 5.41) is 9.70. The number of hydrogen-bond donors (Lipinski definition) is 4. The second-order valence-electron chi connectivity index (χ2n) is 6.26. The lowest BCUT2D eigenvalue weighted by Gasteiger charge is -2.11. The molecule has 0 amide bonds. The largest absolute Gasteiger partial charge is 0.369 e. The van der Waals surface area contributed by atoms with Gasteiger partial charge < -0.3 is 10.3 Å². The Hall–Kier alpha value is -2.42. The van der Waals surface area contributed by atoms with Crippen molar-refractivity contribution in [2.24, 2.45) is 5.14 Å². The molecule has 2 heterocycles. The van der Waals surface area contributed by atoms with Gasteiger partial charge in [0, 0.05) is 30.9 Å². The number of nitrogens with zero attached hydrogens (tertiary/aromatic N) is 2. The molecule has 3 aromatic rings. The van der Waals surface area contributed by atoms with Crippen molar-refractivity contribution in [3.63, 3.8) is 0 Å². The minimum atomic E-state index is -2.61. The van der Waals surface area contributed by atoms with Crippen LogP contribution in [0, 0.1) is 6.92 Å². The van der Waals surface area contributed by atoms with Crippen molar-refractivity contribution in [2.45, 2.75) is 19.8 Å². The number of unbranched alkanes of at least 4 members (excludes halogenated alkanes) is 1. The lowest BCUT2D eigenvalue weighted by atomic mass is 10.0. The van der Waals surface area contributed by atoms with E-state index < -0.39 is 9.89 Å². The summed E-state index contributed by atoms with van der Waals surface area (Å²) in [5.41, 5.74) is 4.39. The van der Waals surface area contributed by atoms with Gasteiger partial charge in [0.2, 0.25) is 0 Å². The fourth-order valence-corrected chi connectivity index (χ4v) is 3.35. The second kappa shape index (κ2) is 7.86. The van der Waals surface area contributed by atoms with E-state index in [1.54, 1.807) is 6.33 Å². The first-order valence-corrected chi connectivity index (χ1v) is 10.2. The molecule has 0 saturated heterocycles. The Bertz CT molecular complexity index is 982. The molecule has 7 nitrogen and oxygen atoms in total. The lowest BCUT2D eigenvalue weighted by molar-refractivity contribution is 0.662. The first-order chi connectivity index (χ1) is 12.4. The van der Waals surface area contributed by atoms with Crippen LogP contribution in [0.15, 0.2) is 36.9 Å². The van der Waals surface area contributed by atoms with E-state index in [2.05, 4.69) is 49.9 Å². The molecule has 5 N–H and O–H groups in total. The summed E-state index contributed by atoms with van der Waals surface area (Å²) < 4.78 is 14.0. The zero-order valence-electron chi connectivity index (χ0n) is 14.8. The predicted molar refractivity (Wildman–Crippen MR) is 109 cm³/mol. The number of fused-ring (bicyclic) bond motifs is 1. The zero-order chi connectivity index (χ0) is 18.6. The van der Waals surface area contributed by atoms with E-state index in [9.17, 15) is 4.21 Å². The third-order valence-electron chi connectivity index (χ3n) is 4.13. The van der Waals surface area contributed by atoms with Crippen molar-refractivity contribution in [3.8, 4) is 11.1 Å². The van der Waals surface area contributed by atoms with E-state index in [0.717, 1.165) is 47.2 Å². The molecule has 0 saturated carbocycles. The third kappa shape index (κ3) is 4.60. The van der Waals surface area contributed by atoms with Gasteiger partial charge >= 0.3 is 0 Å². The average molecular weight is 372 g/mol. The Morgan fingerprint density at radius 3 is 2.81 bits per heavy atom. The Kier molecular flexibility index (Phi) is 5.55. The molecule has 8 heteroatoms. The molecule has 0 spiro atoms. The van der Waals surface area contributed by atoms with Gasteiger partial charge in [0.05, 0.1) is 15.4 Å². The number of aryl methyl sites for hydroxylation is 1. The summed E-state index contributed by atoms with van der Waals surface area (Å²) in [7, 11) is -2.61. The Morgan fingerprint density at radius 1 is 1.27 bits per heavy atom. The molecule has 0 fully saturated rings. The summed E-state index contributed by atoms with van der Waals surface area (Å²) in [4.78, 5) is 11.9. The van der Waals surface area contributed by atoms with Crippen LogP contribution in [0.4, 0.5) is 5.82 Å². The zero-order valence-corrected chi connectivity index (χ0v) is 15.6. The number of anilines is 1. The van der Waals surface area contributed by atoms with Gasteiger partial charge in [0.1, 0.15) is 12.1 Å². The predicted octanol–water partition coefficient (Wildman–Crippen LogP) is 2.22. The van der Waals surface area contributed by atoms with Gasteiger partial charge in [0.25, 0.3) is 0 Å². The number of aromatic nitrogens is 3. The van der Waals surface area contributed by atoms with Gasteiger partial charge in [-0.3, -0.25) is 0 Å². The van der Waals surface area contributed by atoms with E-state index in [4.69, 9.17) is 5.14 Å². The quantitative estimate of drug-likeness (QED) is 0.359. The van der Waals surface area contributed by atoms with Crippen molar-refractivity contribution < 1.29 is 4.21 Å². The number of rotatable bonds is 8. The lowest BCUT2D eigenvalue weighted by Crippen LogP contribution is -2.31. The van der Waals surface area contributed by atoms with Crippen molar-refractivity contribution in [2.75, 3.05) is 18.4 Å². The van der Waals surface area contributed by atoms with Crippen LogP contribution >= 0.6 is 0 Å². The van der Waals surface area contributed by atoms with Crippen LogP contribution in [0.3, 0.4) is 0 Å². The fourth-order valence-electron chi connectivity index (χ4n) is 2.86. The molecular formula is C18H24N6OS. The van der Waals surface area contributed by atoms with E-state index in [0.29, 0.717) is 6.54 Å². The van der Waals surface area contributed by atoms with Gasteiger partial charge in [-0.05, 0) is 60.5 Å². The summed E-state index contributed by atoms with van der Waals surface area (Å²) in [6, 6.07) is 6.26. The van der Waals surface area contributed by atoms with Crippen molar-refractivity contribution in [1.82, 2.24) is 19.7 Å². The molecule has 26 heavy (non-hydrogen) atoms. The van der Waals surface area contributed by atoms with Gasteiger partial charge in [-0.1, -0.05) is 0 Å². The normalized spacial score (nSPS) is 13.6. The fraction of sp³-hybridized carbons (Fsp3) is 0.278. The smallest absolute Gasteiger partial charge is 0.137 e. The molecule has 138 valence electrons. The van der Waals surface area contributed by atoms with E-state index >= 15 is 0 Å². The monoisotopic (exact) mass is 372 g/mol.